The number of nitrogens with zero attached hydrogens (tertiary/aromatic N) is 5. The molecule has 2 unspecified atom stereocenters. The highest BCUT2D eigenvalue weighted by Crippen LogP contribution is 2.61. The van der Waals surface area contributed by atoms with Gasteiger partial charge in [0, 0.05) is 25.0 Å². The summed E-state index contributed by atoms with van der Waals surface area (Å²) >= 11 is 0. The summed E-state index contributed by atoms with van der Waals surface area (Å²) in [5.74, 6) is 0.917. The highest BCUT2D eigenvalue weighted by molar-refractivity contribution is 5.84. The van der Waals surface area contributed by atoms with Gasteiger partial charge in [0.25, 0.3) is 0 Å². The zero-order valence-electron chi connectivity index (χ0n) is 25.6. The van der Waals surface area contributed by atoms with Gasteiger partial charge in [-0.15, -0.1) is 0 Å². The minimum Gasteiger partial charge on any atom is -0.465 e. The summed E-state index contributed by atoms with van der Waals surface area (Å²) in [5.41, 5.74) is 2.44. The van der Waals surface area contributed by atoms with Gasteiger partial charge in [0.05, 0.1) is 29.7 Å². The van der Waals surface area contributed by atoms with E-state index in [4.69, 9.17) is 0 Å². The highest BCUT2D eigenvalue weighted by atomic mass is 16.4. The standard InChI is InChI=1S/C31H41N5O3.C2H6/c1-5-6-7-14-35(26-16-23(17-32)9-8-22(26)2)21-25-15-24(10-11-31(25)12-13-31)20-36(29(37)38)28-19-33-27(18-34-28)30(3,4)39;1-2/h7-9,14,16,18-19,24-25,39H,5-6,10-13,15,20-21H2,1-4H3,(H,37,38);1-2H3/b14-7+;. The second-order valence-corrected chi connectivity index (χ2v) is 11.9. The smallest absolute Gasteiger partial charge is 0.413 e. The Morgan fingerprint density at radius 2 is 1.93 bits per heavy atom. The molecule has 0 saturated heterocycles. The molecule has 222 valence electrons. The van der Waals surface area contributed by atoms with Crippen LogP contribution in [0.15, 0.2) is 42.9 Å². The third-order valence-electron chi connectivity index (χ3n) is 8.45. The second-order valence-electron chi connectivity index (χ2n) is 11.9. The third-order valence-corrected chi connectivity index (χ3v) is 8.45. The average molecular weight is 562 g/mol. The van der Waals surface area contributed by atoms with E-state index in [0.29, 0.717) is 29.1 Å². The van der Waals surface area contributed by atoms with Crippen molar-refractivity contribution >= 4 is 17.6 Å². The largest absolute Gasteiger partial charge is 0.465 e. The van der Waals surface area contributed by atoms with Crippen LogP contribution in [0, 0.1) is 35.5 Å². The van der Waals surface area contributed by atoms with E-state index in [1.807, 2.05) is 32.0 Å². The summed E-state index contributed by atoms with van der Waals surface area (Å²) in [6.45, 7) is 12.7. The summed E-state index contributed by atoms with van der Waals surface area (Å²) in [4.78, 5) is 24.5. The maximum atomic E-state index is 12.2. The van der Waals surface area contributed by atoms with Crippen LogP contribution in [0.4, 0.5) is 16.3 Å². The van der Waals surface area contributed by atoms with Crippen molar-refractivity contribution in [1.82, 2.24) is 9.97 Å². The van der Waals surface area contributed by atoms with E-state index in [0.717, 1.165) is 49.9 Å². The molecule has 0 bridgehead atoms. The van der Waals surface area contributed by atoms with Crippen LogP contribution < -0.4 is 9.80 Å². The average Bonchev–Trinajstić information content (AvgIpc) is 3.74. The molecule has 2 saturated carbocycles. The van der Waals surface area contributed by atoms with Crippen LogP contribution in [0.5, 0.6) is 0 Å². The summed E-state index contributed by atoms with van der Waals surface area (Å²) in [6, 6.07) is 8.14. The van der Waals surface area contributed by atoms with Crippen molar-refractivity contribution in [3.8, 4) is 6.07 Å². The number of benzene rings is 1. The van der Waals surface area contributed by atoms with Crippen molar-refractivity contribution in [3.63, 3.8) is 0 Å². The molecule has 1 heterocycles. The number of hydrogen-bond donors (Lipinski definition) is 2. The van der Waals surface area contributed by atoms with Crippen molar-refractivity contribution in [3.05, 3.63) is 59.7 Å². The SMILES string of the molecule is CC.CCC/C=C/N(CC1CC(CN(C(=O)O)c2cnc(C(C)(C)O)cn2)CCC12CC2)c1cc(C#N)ccc1C. The van der Waals surface area contributed by atoms with Crippen LogP contribution in [0.1, 0.15) is 96.4 Å². The number of aliphatic hydroxyl groups is 1. The number of carboxylic acid groups (broad SMARTS) is 1. The Balaban J connectivity index is 0.00000226. The molecule has 1 aromatic carbocycles. The molecule has 1 amide bonds. The Kier molecular flexibility index (Phi) is 10.9. The molecule has 4 rings (SSSR count). The number of amides is 1. The first-order valence-electron chi connectivity index (χ1n) is 15.1. The molecule has 2 fully saturated rings. The monoisotopic (exact) mass is 561 g/mol. The van der Waals surface area contributed by atoms with E-state index < -0.39 is 11.7 Å². The number of aryl methyl sites for hydroxylation is 1. The molecule has 8 heteroatoms. The fraction of sp³-hybridized carbons (Fsp3) is 0.576. The lowest BCUT2D eigenvalue weighted by atomic mass is 9.71. The summed E-state index contributed by atoms with van der Waals surface area (Å²) in [6.07, 6.45) is 13.8. The van der Waals surface area contributed by atoms with Crippen LogP contribution in [0.25, 0.3) is 0 Å². The molecule has 8 nitrogen and oxygen atoms in total. The number of hydrogen-bond acceptors (Lipinski definition) is 6. The topological polar surface area (TPSA) is 114 Å². The predicted molar refractivity (Wildman–Crippen MR) is 164 cm³/mol. The molecule has 1 aromatic heterocycles. The zero-order valence-corrected chi connectivity index (χ0v) is 25.6. The number of unbranched alkanes of at least 4 members (excludes halogenated alkanes) is 1. The predicted octanol–water partition coefficient (Wildman–Crippen LogP) is 7.41. The quantitative estimate of drug-likeness (QED) is 0.310. The minimum atomic E-state index is -1.14. The maximum absolute atomic E-state index is 12.2. The Morgan fingerprint density at radius 3 is 2.49 bits per heavy atom. The van der Waals surface area contributed by atoms with E-state index in [2.05, 4.69) is 47.1 Å². The zero-order chi connectivity index (χ0) is 30.2. The summed E-state index contributed by atoms with van der Waals surface area (Å²) < 4.78 is 0. The molecule has 41 heavy (non-hydrogen) atoms. The van der Waals surface area contributed by atoms with E-state index in [1.165, 1.54) is 30.1 Å². The Hall–Kier alpha value is -3.44. The van der Waals surface area contributed by atoms with Crippen molar-refractivity contribution in [2.45, 2.75) is 92.1 Å². The summed E-state index contributed by atoms with van der Waals surface area (Å²) in [5, 5.41) is 29.7. The minimum absolute atomic E-state index is 0.209. The molecule has 1 spiro atoms. The highest BCUT2D eigenvalue weighted by Gasteiger charge is 2.52. The first-order valence-corrected chi connectivity index (χ1v) is 15.1. The first-order chi connectivity index (χ1) is 19.6. The molecule has 2 aliphatic rings. The van der Waals surface area contributed by atoms with Gasteiger partial charge in [-0.25, -0.2) is 9.78 Å². The number of rotatable bonds is 10. The van der Waals surface area contributed by atoms with Gasteiger partial charge in [-0.2, -0.15) is 5.26 Å². The van der Waals surface area contributed by atoms with Crippen LogP contribution in [-0.2, 0) is 5.60 Å². The molecule has 0 radical (unpaired) electrons. The van der Waals surface area contributed by atoms with Gasteiger partial charge >= 0.3 is 6.09 Å². The fourth-order valence-corrected chi connectivity index (χ4v) is 5.86. The fourth-order valence-electron chi connectivity index (χ4n) is 5.86. The van der Waals surface area contributed by atoms with Gasteiger partial charge < -0.3 is 15.1 Å². The number of nitriles is 1. The Morgan fingerprint density at radius 1 is 1.20 bits per heavy atom. The summed E-state index contributed by atoms with van der Waals surface area (Å²) in [7, 11) is 0. The third kappa shape index (κ3) is 8.07. The van der Waals surface area contributed by atoms with E-state index >= 15 is 0 Å². The van der Waals surface area contributed by atoms with Crippen molar-refractivity contribution < 1.29 is 15.0 Å². The number of anilines is 2. The van der Waals surface area contributed by atoms with Crippen LogP contribution in [0.3, 0.4) is 0 Å². The Bertz CT molecular complexity index is 1220. The van der Waals surface area contributed by atoms with Crippen molar-refractivity contribution in [2.24, 2.45) is 17.3 Å². The van der Waals surface area contributed by atoms with Gasteiger partial charge in [0.1, 0.15) is 5.60 Å². The molecule has 2 aliphatic carbocycles. The number of allylic oxidation sites excluding steroid dienone is 1. The molecule has 2 N–H and O–H groups in total. The lowest BCUT2D eigenvalue weighted by Gasteiger charge is -2.40. The Labute approximate surface area is 245 Å². The maximum Gasteiger partial charge on any atom is 0.413 e. The van der Waals surface area contributed by atoms with Gasteiger partial charge in [0.2, 0.25) is 0 Å². The molecule has 2 atom stereocenters. The lowest BCUT2D eigenvalue weighted by molar-refractivity contribution is 0.0734. The van der Waals surface area contributed by atoms with E-state index in [-0.39, 0.29) is 11.7 Å². The van der Waals surface area contributed by atoms with E-state index in [1.54, 1.807) is 13.8 Å². The van der Waals surface area contributed by atoms with Gasteiger partial charge in [-0.05, 0) is 94.2 Å². The van der Waals surface area contributed by atoms with Crippen molar-refractivity contribution in [1.29, 1.82) is 5.26 Å². The molecular formula is C33H47N5O3. The second kappa shape index (κ2) is 14.0. The first kappa shape index (κ1) is 32.1. The van der Waals surface area contributed by atoms with Crippen LogP contribution in [-0.4, -0.2) is 39.4 Å². The van der Waals surface area contributed by atoms with E-state index in [9.17, 15) is 20.3 Å². The normalized spacial score (nSPS) is 19.3. The van der Waals surface area contributed by atoms with Gasteiger partial charge in [-0.1, -0.05) is 39.3 Å². The van der Waals surface area contributed by atoms with Gasteiger partial charge in [-0.3, -0.25) is 9.88 Å². The van der Waals surface area contributed by atoms with Crippen molar-refractivity contribution in [2.75, 3.05) is 22.9 Å². The van der Waals surface area contributed by atoms with Gasteiger partial charge in [0.15, 0.2) is 5.82 Å². The van der Waals surface area contributed by atoms with Crippen LogP contribution >= 0.6 is 0 Å². The molecule has 0 aliphatic heterocycles. The molecule has 2 aromatic rings. The van der Waals surface area contributed by atoms with Crippen LogP contribution in [0.2, 0.25) is 0 Å². The lowest BCUT2D eigenvalue weighted by Crippen LogP contribution is -2.41. The number of carbonyl (C=O) groups is 1. The number of aromatic nitrogens is 2. The molecular weight excluding hydrogens is 514 g/mol.